The number of carbonyl (C=O) groups is 2. The topological polar surface area (TPSA) is 84.4 Å². The number of halogens is 3. The molecule has 2 amide bonds. The molecule has 0 saturated heterocycles. The SMILES string of the molecule is CC(=O)N1c2cnc(NC(=O)OCc3cccc(Cl)c3)nc2C2(CCC(F)(F)CC2)C1(C)C. The Balaban J connectivity index is 1.60. The van der Waals surface area contributed by atoms with Crippen LogP contribution in [-0.4, -0.2) is 33.4 Å². The Morgan fingerprint density at radius 2 is 1.91 bits per heavy atom. The van der Waals surface area contributed by atoms with Crippen molar-refractivity contribution in [1.82, 2.24) is 9.97 Å². The van der Waals surface area contributed by atoms with Crippen LogP contribution >= 0.6 is 11.6 Å². The van der Waals surface area contributed by atoms with E-state index < -0.39 is 23.0 Å². The lowest BCUT2D eigenvalue weighted by atomic mass is 9.62. The summed E-state index contributed by atoms with van der Waals surface area (Å²) in [6.45, 7) is 5.17. The van der Waals surface area contributed by atoms with Gasteiger partial charge in [-0.25, -0.2) is 23.5 Å². The molecule has 7 nitrogen and oxygen atoms in total. The van der Waals surface area contributed by atoms with Gasteiger partial charge >= 0.3 is 6.09 Å². The van der Waals surface area contributed by atoms with Crippen molar-refractivity contribution >= 4 is 35.2 Å². The average molecular weight is 479 g/mol. The minimum absolute atomic E-state index is 0.00149. The first-order valence-electron chi connectivity index (χ1n) is 10.7. The van der Waals surface area contributed by atoms with Gasteiger partial charge in [-0.15, -0.1) is 0 Å². The van der Waals surface area contributed by atoms with Gasteiger partial charge in [0.1, 0.15) is 6.61 Å². The molecule has 2 aromatic rings. The number of hydrogen-bond donors (Lipinski definition) is 1. The van der Waals surface area contributed by atoms with Gasteiger partial charge in [-0.3, -0.25) is 10.1 Å². The number of nitrogens with zero attached hydrogens (tertiary/aromatic N) is 3. The lowest BCUT2D eigenvalue weighted by molar-refractivity contribution is -0.118. The lowest BCUT2D eigenvalue weighted by Crippen LogP contribution is -2.57. The van der Waals surface area contributed by atoms with Crippen molar-refractivity contribution in [1.29, 1.82) is 0 Å². The number of rotatable bonds is 3. The largest absolute Gasteiger partial charge is 0.444 e. The second-order valence-corrected chi connectivity index (χ2v) is 9.55. The Bertz CT molecular complexity index is 1100. The van der Waals surface area contributed by atoms with Crippen LogP contribution in [0.15, 0.2) is 30.5 Å². The summed E-state index contributed by atoms with van der Waals surface area (Å²) in [6, 6.07) is 6.92. The van der Waals surface area contributed by atoms with Crippen molar-refractivity contribution in [2.45, 2.75) is 69.9 Å². The van der Waals surface area contributed by atoms with Crippen LogP contribution < -0.4 is 10.2 Å². The predicted octanol–water partition coefficient (Wildman–Crippen LogP) is 5.47. The molecule has 1 aliphatic carbocycles. The van der Waals surface area contributed by atoms with Crippen molar-refractivity contribution in [2.75, 3.05) is 10.2 Å². The monoisotopic (exact) mass is 478 g/mol. The molecule has 33 heavy (non-hydrogen) atoms. The highest BCUT2D eigenvalue weighted by Crippen LogP contribution is 2.59. The second kappa shape index (κ2) is 8.20. The van der Waals surface area contributed by atoms with Crippen LogP contribution in [0.25, 0.3) is 0 Å². The summed E-state index contributed by atoms with van der Waals surface area (Å²) < 4.78 is 33.3. The fourth-order valence-electron chi connectivity index (χ4n) is 5.11. The van der Waals surface area contributed by atoms with E-state index >= 15 is 0 Å². The lowest BCUT2D eigenvalue weighted by Gasteiger charge is -2.48. The van der Waals surface area contributed by atoms with Crippen molar-refractivity contribution in [3.63, 3.8) is 0 Å². The summed E-state index contributed by atoms with van der Waals surface area (Å²) >= 11 is 5.94. The van der Waals surface area contributed by atoms with E-state index in [9.17, 15) is 18.4 Å². The zero-order chi connectivity index (χ0) is 24.0. The first-order valence-corrected chi connectivity index (χ1v) is 11.1. The number of carbonyl (C=O) groups excluding carboxylic acids is 2. The quantitative estimate of drug-likeness (QED) is 0.632. The Morgan fingerprint density at radius 3 is 2.55 bits per heavy atom. The molecule has 2 heterocycles. The van der Waals surface area contributed by atoms with Gasteiger partial charge in [0.25, 0.3) is 0 Å². The van der Waals surface area contributed by atoms with Gasteiger partial charge in [0, 0.05) is 30.2 Å². The Morgan fingerprint density at radius 1 is 1.21 bits per heavy atom. The molecule has 1 fully saturated rings. The summed E-state index contributed by atoms with van der Waals surface area (Å²) in [5, 5.41) is 3.03. The van der Waals surface area contributed by atoms with Crippen LogP contribution in [0.3, 0.4) is 0 Å². The molecule has 10 heteroatoms. The minimum Gasteiger partial charge on any atom is -0.444 e. The minimum atomic E-state index is -2.75. The first-order chi connectivity index (χ1) is 15.4. The molecule has 2 aliphatic rings. The van der Waals surface area contributed by atoms with Crippen LogP contribution in [-0.2, 0) is 21.6 Å². The maximum absolute atomic E-state index is 14.0. The van der Waals surface area contributed by atoms with Gasteiger partial charge in [0.15, 0.2) is 0 Å². The van der Waals surface area contributed by atoms with E-state index in [1.165, 1.54) is 13.1 Å². The van der Waals surface area contributed by atoms with Gasteiger partial charge < -0.3 is 9.64 Å². The zero-order valence-electron chi connectivity index (χ0n) is 18.6. The molecule has 4 rings (SSSR count). The maximum Gasteiger partial charge on any atom is 0.414 e. The van der Waals surface area contributed by atoms with Crippen LogP contribution in [0.5, 0.6) is 0 Å². The summed E-state index contributed by atoms with van der Waals surface area (Å²) in [5.74, 6) is -2.98. The van der Waals surface area contributed by atoms with E-state index in [1.54, 1.807) is 29.2 Å². The highest BCUT2D eigenvalue weighted by atomic mass is 35.5. The maximum atomic E-state index is 14.0. The number of nitrogens with one attached hydrogen (secondary N) is 1. The molecule has 1 aliphatic heterocycles. The number of ether oxygens (including phenoxy) is 1. The molecule has 1 N–H and O–H groups in total. The number of aromatic nitrogens is 2. The number of alkyl halides is 2. The van der Waals surface area contributed by atoms with Crippen LogP contribution in [0.4, 0.5) is 25.2 Å². The van der Waals surface area contributed by atoms with Gasteiger partial charge in [0.2, 0.25) is 17.8 Å². The third-order valence-electron chi connectivity index (χ3n) is 6.82. The molecule has 1 aromatic carbocycles. The van der Waals surface area contributed by atoms with Crippen molar-refractivity contribution < 1.29 is 23.1 Å². The van der Waals surface area contributed by atoms with E-state index in [1.807, 2.05) is 13.8 Å². The molecule has 1 spiro atoms. The normalized spacial score (nSPS) is 19.8. The van der Waals surface area contributed by atoms with Crippen LogP contribution in [0.1, 0.15) is 57.7 Å². The first kappa shape index (κ1) is 23.4. The van der Waals surface area contributed by atoms with Crippen LogP contribution in [0.2, 0.25) is 5.02 Å². The predicted molar refractivity (Wildman–Crippen MR) is 120 cm³/mol. The number of amides is 2. The third-order valence-corrected chi connectivity index (χ3v) is 7.05. The van der Waals surface area contributed by atoms with Gasteiger partial charge in [0.05, 0.1) is 23.1 Å². The van der Waals surface area contributed by atoms with E-state index in [0.29, 0.717) is 22.0 Å². The summed E-state index contributed by atoms with van der Waals surface area (Å²) in [6.07, 6.45) is 0.435. The fraction of sp³-hybridized carbons (Fsp3) is 0.478. The number of hydrogen-bond acceptors (Lipinski definition) is 5. The Kier molecular flexibility index (Phi) is 5.80. The van der Waals surface area contributed by atoms with E-state index in [2.05, 4.69) is 15.3 Å². The Labute approximate surface area is 195 Å². The molecule has 1 aromatic heterocycles. The Hall–Kier alpha value is -2.81. The number of fused-ring (bicyclic) bond motifs is 2. The van der Waals surface area contributed by atoms with Crippen LogP contribution in [0, 0.1) is 0 Å². The summed E-state index contributed by atoms with van der Waals surface area (Å²) in [5.41, 5.74) is 0.139. The van der Waals surface area contributed by atoms with E-state index in [0.717, 1.165) is 0 Å². The summed E-state index contributed by atoms with van der Waals surface area (Å²) in [4.78, 5) is 35.1. The molecule has 0 radical (unpaired) electrons. The standard InChI is InChI=1S/C23H25ClF2N4O3/c1-14(31)30-17-12-27-19(29-20(32)33-13-15-5-4-6-16(24)11-15)28-18(17)22(21(30,2)3)7-9-23(25,26)10-8-22/h4-6,11-12H,7-10,13H2,1-3H3,(H,27,28,29,32). The average Bonchev–Trinajstić information content (AvgIpc) is 2.92. The molecular weight excluding hydrogens is 454 g/mol. The van der Waals surface area contributed by atoms with E-state index in [4.69, 9.17) is 16.3 Å². The number of benzene rings is 1. The second-order valence-electron chi connectivity index (χ2n) is 9.11. The van der Waals surface area contributed by atoms with E-state index in [-0.39, 0.29) is 44.1 Å². The summed E-state index contributed by atoms with van der Waals surface area (Å²) in [7, 11) is 0. The van der Waals surface area contributed by atoms with Crippen molar-refractivity contribution in [2.24, 2.45) is 0 Å². The van der Waals surface area contributed by atoms with Gasteiger partial charge in [-0.1, -0.05) is 23.7 Å². The van der Waals surface area contributed by atoms with Crippen molar-refractivity contribution in [3.05, 3.63) is 46.7 Å². The molecule has 0 bridgehead atoms. The van der Waals surface area contributed by atoms with Crippen molar-refractivity contribution in [3.8, 4) is 0 Å². The molecular formula is C23H25ClF2N4O3. The molecule has 176 valence electrons. The van der Waals surface area contributed by atoms with Gasteiger partial charge in [-0.05, 0) is 44.4 Å². The molecule has 1 saturated carbocycles. The number of anilines is 2. The smallest absolute Gasteiger partial charge is 0.414 e. The molecule has 0 atom stereocenters. The highest BCUT2D eigenvalue weighted by Gasteiger charge is 2.61. The molecule has 0 unspecified atom stereocenters. The zero-order valence-corrected chi connectivity index (χ0v) is 19.4. The third kappa shape index (κ3) is 4.14. The van der Waals surface area contributed by atoms with Gasteiger partial charge in [-0.2, -0.15) is 0 Å². The fourth-order valence-corrected chi connectivity index (χ4v) is 5.33. The highest BCUT2D eigenvalue weighted by molar-refractivity contribution is 6.30.